The molecule has 1 aliphatic rings. The van der Waals surface area contributed by atoms with E-state index in [1.165, 1.54) is 0 Å². The summed E-state index contributed by atoms with van der Waals surface area (Å²) in [5.74, 6) is 1.85. The fourth-order valence-electron chi connectivity index (χ4n) is 3.05. The van der Waals surface area contributed by atoms with Gasteiger partial charge in [0.15, 0.2) is 0 Å². The van der Waals surface area contributed by atoms with Crippen LogP contribution in [0.4, 0.5) is 0 Å². The van der Waals surface area contributed by atoms with Crippen molar-refractivity contribution in [1.82, 2.24) is 10.6 Å². The third kappa shape index (κ3) is 5.82. The number of nitrogens with one attached hydrogen (secondary N) is 2. The van der Waals surface area contributed by atoms with Crippen LogP contribution in [0.2, 0.25) is 0 Å². The molecule has 1 aromatic rings. The van der Waals surface area contributed by atoms with Crippen molar-refractivity contribution in [2.75, 3.05) is 13.2 Å². The quantitative estimate of drug-likeness (QED) is 0.801. The molecular weight excluding hydrogens is 300 g/mol. The molecule has 1 heterocycles. The van der Waals surface area contributed by atoms with E-state index in [0.29, 0.717) is 12.0 Å². The molecule has 24 heavy (non-hydrogen) atoms. The molecule has 4 heteroatoms. The van der Waals surface area contributed by atoms with Gasteiger partial charge in [-0.1, -0.05) is 26.0 Å². The lowest BCUT2D eigenvalue weighted by atomic mass is 9.92. The average molecular weight is 332 g/mol. The number of piperidine rings is 1. The second-order valence-electron chi connectivity index (χ2n) is 7.41. The lowest BCUT2D eigenvalue weighted by Gasteiger charge is -2.28. The second kappa shape index (κ2) is 9.07. The highest BCUT2D eigenvalue weighted by Crippen LogP contribution is 2.21. The topological polar surface area (TPSA) is 50.4 Å². The summed E-state index contributed by atoms with van der Waals surface area (Å²) in [7, 11) is 0. The van der Waals surface area contributed by atoms with Crippen LogP contribution in [-0.4, -0.2) is 25.1 Å². The van der Waals surface area contributed by atoms with Gasteiger partial charge in [0.25, 0.3) is 0 Å². The lowest BCUT2D eigenvalue weighted by Crippen LogP contribution is -2.42. The van der Waals surface area contributed by atoms with Crippen LogP contribution in [0.5, 0.6) is 5.75 Å². The maximum atomic E-state index is 12.4. The Hall–Kier alpha value is -1.55. The van der Waals surface area contributed by atoms with Crippen LogP contribution < -0.4 is 15.4 Å². The maximum absolute atomic E-state index is 12.4. The summed E-state index contributed by atoms with van der Waals surface area (Å²) in [6.07, 6.45) is 2.90. The molecule has 0 saturated carbocycles. The van der Waals surface area contributed by atoms with Crippen molar-refractivity contribution in [2.45, 2.75) is 59.0 Å². The summed E-state index contributed by atoms with van der Waals surface area (Å²) in [6, 6.07) is 8.51. The van der Waals surface area contributed by atoms with Gasteiger partial charge in [-0.3, -0.25) is 4.79 Å². The Labute approximate surface area is 146 Å². The Morgan fingerprint density at radius 2 is 2.00 bits per heavy atom. The van der Waals surface area contributed by atoms with Crippen LogP contribution in [-0.2, 0) is 4.79 Å². The van der Waals surface area contributed by atoms with Crippen molar-refractivity contribution in [2.24, 2.45) is 11.8 Å². The molecule has 3 atom stereocenters. The first-order valence-electron chi connectivity index (χ1n) is 9.22. The van der Waals surface area contributed by atoms with Gasteiger partial charge in [0.2, 0.25) is 5.91 Å². The molecular formula is C20H32N2O2. The number of hydrogen-bond acceptors (Lipinski definition) is 3. The summed E-state index contributed by atoms with van der Waals surface area (Å²) < 4.78 is 5.75. The lowest BCUT2D eigenvalue weighted by molar-refractivity contribution is -0.126. The predicted molar refractivity (Wildman–Crippen MR) is 98.1 cm³/mol. The van der Waals surface area contributed by atoms with Gasteiger partial charge >= 0.3 is 0 Å². The number of ether oxygens (including phenoxy) is 1. The van der Waals surface area contributed by atoms with Gasteiger partial charge in [-0.2, -0.15) is 0 Å². The van der Waals surface area contributed by atoms with Crippen LogP contribution >= 0.6 is 0 Å². The number of amides is 1. The molecule has 1 unspecified atom stereocenters. The molecule has 1 aliphatic heterocycles. The van der Waals surface area contributed by atoms with Crippen LogP contribution in [0, 0.1) is 11.8 Å². The molecule has 4 nitrogen and oxygen atoms in total. The van der Waals surface area contributed by atoms with E-state index >= 15 is 0 Å². The normalized spacial score (nSPS) is 22.2. The van der Waals surface area contributed by atoms with Gasteiger partial charge in [0.1, 0.15) is 5.75 Å². The Bertz CT molecular complexity index is 513. The van der Waals surface area contributed by atoms with Gasteiger partial charge in [-0.25, -0.2) is 0 Å². The smallest absolute Gasteiger partial charge is 0.223 e. The SMILES string of the molecule is CC(C)CCOc1ccc(C(C)NC(=O)[C@H]2CCN[C@@H](C)C2)cc1. The standard InChI is InChI=1S/C20H32N2O2/c1-14(2)10-12-24-19-7-5-17(6-8-19)16(4)22-20(23)18-9-11-21-15(3)13-18/h5-8,14-16,18,21H,9-13H2,1-4H3,(H,22,23)/t15-,16?,18-/m0/s1. The largest absolute Gasteiger partial charge is 0.494 e. The first-order valence-corrected chi connectivity index (χ1v) is 9.22. The maximum Gasteiger partial charge on any atom is 0.223 e. The van der Waals surface area contributed by atoms with Gasteiger partial charge in [0, 0.05) is 12.0 Å². The minimum absolute atomic E-state index is 0.0207. The van der Waals surface area contributed by atoms with Crippen molar-refractivity contribution in [3.63, 3.8) is 0 Å². The summed E-state index contributed by atoms with van der Waals surface area (Å²) in [5, 5.41) is 6.54. The predicted octanol–water partition coefficient (Wildman–Crippen LogP) is 3.68. The second-order valence-corrected chi connectivity index (χ2v) is 7.41. The first kappa shape index (κ1) is 18.8. The van der Waals surface area contributed by atoms with Gasteiger partial charge in [0.05, 0.1) is 12.6 Å². The molecule has 134 valence electrons. The van der Waals surface area contributed by atoms with E-state index in [4.69, 9.17) is 4.74 Å². The fourth-order valence-corrected chi connectivity index (χ4v) is 3.05. The average Bonchev–Trinajstić information content (AvgIpc) is 2.55. The van der Waals surface area contributed by atoms with E-state index in [1.807, 2.05) is 31.2 Å². The molecule has 2 rings (SSSR count). The Balaban J connectivity index is 1.83. The summed E-state index contributed by atoms with van der Waals surface area (Å²) in [4.78, 5) is 12.4. The Morgan fingerprint density at radius 3 is 2.62 bits per heavy atom. The number of hydrogen-bond donors (Lipinski definition) is 2. The minimum atomic E-state index is 0.0207. The summed E-state index contributed by atoms with van der Waals surface area (Å²) in [5.41, 5.74) is 1.11. The Morgan fingerprint density at radius 1 is 1.29 bits per heavy atom. The highest BCUT2D eigenvalue weighted by molar-refractivity contribution is 5.79. The molecule has 0 aliphatic carbocycles. The first-order chi connectivity index (χ1) is 11.5. The van der Waals surface area contributed by atoms with Crippen LogP contribution in [0.25, 0.3) is 0 Å². The third-order valence-electron chi connectivity index (χ3n) is 4.70. The molecule has 1 amide bonds. The zero-order valence-electron chi connectivity index (χ0n) is 15.5. The minimum Gasteiger partial charge on any atom is -0.494 e. The molecule has 1 aromatic carbocycles. The van der Waals surface area contributed by atoms with E-state index in [9.17, 15) is 4.79 Å². The molecule has 1 fully saturated rings. The number of rotatable bonds is 7. The zero-order chi connectivity index (χ0) is 17.5. The van der Waals surface area contributed by atoms with E-state index in [0.717, 1.165) is 43.7 Å². The fraction of sp³-hybridized carbons (Fsp3) is 0.650. The van der Waals surface area contributed by atoms with E-state index < -0.39 is 0 Å². The number of benzene rings is 1. The molecule has 0 radical (unpaired) electrons. The molecule has 2 N–H and O–H groups in total. The van der Waals surface area contributed by atoms with Crippen LogP contribution in [0.3, 0.4) is 0 Å². The monoisotopic (exact) mass is 332 g/mol. The molecule has 0 bridgehead atoms. The molecule has 0 aromatic heterocycles. The molecule has 0 spiro atoms. The number of carbonyl (C=O) groups excluding carboxylic acids is 1. The van der Waals surface area contributed by atoms with E-state index in [-0.39, 0.29) is 17.9 Å². The van der Waals surface area contributed by atoms with Crippen molar-refractivity contribution < 1.29 is 9.53 Å². The summed E-state index contributed by atoms with van der Waals surface area (Å²) in [6.45, 7) is 10.2. The van der Waals surface area contributed by atoms with Crippen molar-refractivity contribution in [3.05, 3.63) is 29.8 Å². The van der Waals surface area contributed by atoms with Crippen LogP contribution in [0.15, 0.2) is 24.3 Å². The highest BCUT2D eigenvalue weighted by atomic mass is 16.5. The third-order valence-corrected chi connectivity index (χ3v) is 4.70. The van der Waals surface area contributed by atoms with E-state index in [1.54, 1.807) is 0 Å². The van der Waals surface area contributed by atoms with Gasteiger partial charge in [-0.15, -0.1) is 0 Å². The summed E-state index contributed by atoms with van der Waals surface area (Å²) >= 11 is 0. The van der Waals surface area contributed by atoms with Crippen LogP contribution in [0.1, 0.15) is 58.6 Å². The van der Waals surface area contributed by atoms with Crippen molar-refractivity contribution in [3.8, 4) is 5.75 Å². The molecule has 1 saturated heterocycles. The van der Waals surface area contributed by atoms with E-state index in [2.05, 4.69) is 31.4 Å². The van der Waals surface area contributed by atoms with Crippen molar-refractivity contribution >= 4 is 5.91 Å². The number of carbonyl (C=O) groups is 1. The zero-order valence-corrected chi connectivity index (χ0v) is 15.5. The van der Waals surface area contributed by atoms with Gasteiger partial charge < -0.3 is 15.4 Å². The van der Waals surface area contributed by atoms with Crippen molar-refractivity contribution in [1.29, 1.82) is 0 Å². The highest BCUT2D eigenvalue weighted by Gasteiger charge is 2.25. The van der Waals surface area contributed by atoms with Gasteiger partial charge in [-0.05, 0) is 63.3 Å². The Kier molecular flexibility index (Phi) is 7.10.